The Labute approximate surface area is 144 Å². The fourth-order valence-corrected chi connectivity index (χ4v) is 2.69. The van der Waals surface area contributed by atoms with Crippen LogP contribution in [0.2, 0.25) is 0 Å². The average Bonchev–Trinajstić information content (AvgIpc) is 3.31. The molecule has 0 atom stereocenters. The van der Waals surface area contributed by atoms with Gasteiger partial charge in [0.2, 0.25) is 17.6 Å². The summed E-state index contributed by atoms with van der Waals surface area (Å²) in [5, 5.41) is 8.05. The highest BCUT2D eigenvalue weighted by Crippen LogP contribution is 2.15. The van der Waals surface area contributed by atoms with Crippen LogP contribution in [-0.4, -0.2) is 51.5 Å². The lowest BCUT2D eigenvalue weighted by molar-refractivity contribution is 0.0327. The molecule has 4 rings (SSSR count). The maximum absolute atomic E-state index is 5.33. The van der Waals surface area contributed by atoms with Gasteiger partial charge in [0, 0.05) is 31.5 Å². The van der Waals surface area contributed by atoms with Gasteiger partial charge in [-0.25, -0.2) is 0 Å². The van der Waals surface area contributed by atoms with E-state index in [2.05, 4.69) is 25.2 Å². The molecule has 0 unspecified atom stereocenters. The van der Waals surface area contributed by atoms with Gasteiger partial charge in [0.25, 0.3) is 0 Å². The predicted octanol–water partition coefficient (Wildman–Crippen LogP) is 1.74. The summed E-state index contributed by atoms with van der Waals surface area (Å²) >= 11 is 0. The SMILES string of the molecule is c1ccc(-c2noc(CCc3nc(CN4CCOCC4)no3)n2)cc1. The smallest absolute Gasteiger partial charge is 0.227 e. The number of rotatable bonds is 6. The number of morpholine rings is 1. The van der Waals surface area contributed by atoms with Crippen LogP contribution < -0.4 is 0 Å². The van der Waals surface area contributed by atoms with Gasteiger partial charge in [-0.15, -0.1) is 0 Å². The van der Waals surface area contributed by atoms with Crippen molar-refractivity contribution in [2.75, 3.05) is 26.3 Å². The van der Waals surface area contributed by atoms with E-state index in [9.17, 15) is 0 Å². The maximum atomic E-state index is 5.33. The molecule has 0 aliphatic carbocycles. The van der Waals surface area contributed by atoms with Crippen LogP contribution in [0.3, 0.4) is 0 Å². The molecule has 8 nitrogen and oxygen atoms in total. The molecule has 1 aliphatic rings. The molecular weight excluding hydrogens is 322 g/mol. The van der Waals surface area contributed by atoms with Crippen molar-refractivity contribution in [2.45, 2.75) is 19.4 Å². The Balaban J connectivity index is 1.32. The Hall–Kier alpha value is -2.58. The summed E-state index contributed by atoms with van der Waals surface area (Å²) in [4.78, 5) is 11.1. The molecule has 3 aromatic rings. The third kappa shape index (κ3) is 4.09. The van der Waals surface area contributed by atoms with Gasteiger partial charge in [-0.3, -0.25) is 4.90 Å². The fraction of sp³-hybridized carbons (Fsp3) is 0.412. The number of hydrogen-bond donors (Lipinski definition) is 0. The van der Waals surface area contributed by atoms with E-state index in [4.69, 9.17) is 13.8 Å². The van der Waals surface area contributed by atoms with Crippen molar-refractivity contribution in [1.82, 2.24) is 25.2 Å². The zero-order chi connectivity index (χ0) is 16.9. The minimum Gasteiger partial charge on any atom is -0.379 e. The summed E-state index contributed by atoms with van der Waals surface area (Å²) in [6.45, 7) is 3.99. The second-order valence-electron chi connectivity index (χ2n) is 5.87. The molecule has 130 valence electrons. The van der Waals surface area contributed by atoms with Crippen LogP contribution in [0.25, 0.3) is 11.4 Å². The average molecular weight is 341 g/mol. The van der Waals surface area contributed by atoms with Gasteiger partial charge in [-0.05, 0) is 0 Å². The minimum atomic E-state index is 0.562. The van der Waals surface area contributed by atoms with Gasteiger partial charge in [0.05, 0.1) is 19.8 Å². The van der Waals surface area contributed by atoms with Crippen LogP contribution in [0.4, 0.5) is 0 Å². The second kappa shape index (κ2) is 7.54. The molecule has 1 saturated heterocycles. The van der Waals surface area contributed by atoms with Gasteiger partial charge in [0.1, 0.15) is 0 Å². The molecule has 3 heterocycles. The Kier molecular flexibility index (Phi) is 4.80. The number of aromatic nitrogens is 4. The normalized spacial score (nSPS) is 15.5. The van der Waals surface area contributed by atoms with Crippen molar-refractivity contribution >= 4 is 0 Å². The first kappa shape index (κ1) is 15.9. The minimum absolute atomic E-state index is 0.562. The van der Waals surface area contributed by atoms with E-state index in [1.165, 1.54) is 0 Å². The van der Waals surface area contributed by atoms with Gasteiger partial charge in [-0.1, -0.05) is 40.6 Å². The number of nitrogens with zero attached hydrogens (tertiary/aromatic N) is 5. The Morgan fingerprint density at radius 2 is 1.60 bits per heavy atom. The number of hydrogen-bond acceptors (Lipinski definition) is 8. The number of ether oxygens (including phenoxy) is 1. The van der Waals surface area contributed by atoms with E-state index in [1.54, 1.807) is 0 Å². The number of aryl methyl sites for hydroxylation is 2. The van der Waals surface area contributed by atoms with Crippen LogP contribution in [0.5, 0.6) is 0 Å². The molecule has 0 saturated carbocycles. The largest absolute Gasteiger partial charge is 0.379 e. The molecular formula is C17H19N5O3. The monoisotopic (exact) mass is 341 g/mol. The molecule has 1 aliphatic heterocycles. The van der Waals surface area contributed by atoms with Crippen molar-refractivity contribution in [1.29, 1.82) is 0 Å². The maximum Gasteiger partial charge on any atom is 0.227 e. The summed E-state index contributed by atoms with van der Waals surface area (Å²) in [5.41, 5.74) is 0.933. The van der Waals surface area contributed by atoms with Gasteiger partial charge >= 0.3 is 0 Å². The molecule has 0 amide bonds. The third-order valence-corrected chi connectivity index (χ3v) is 4.03. The highest BCUT2D eigenvalue weighted by atomic mass is 16.5. The van der Waals surface area contributed by atoms with E-state index in [0.29, 0.717) is 42.8 Å². The zero-order valence-corrected chi connectivity index (χ0v) is 13.8. The van der Waals surface area contributed by atoms with Crippen LogP contribution in [-0.2, 0) is 24.1 Å². The summed E-state index contributed by atoms with van der Waals surface area (Å²) in [6, 6.07) is 9.74. The Morgan fingerprint density at radius 1 is 0.880 bits per heavy atom. The van der Waals surface area contributed by atoms with Crippen molar-refractivity contribution in [3.8, 4) is 11.4 Å². The molecule has 0 spiro atoms. The Bertz CT molecular complexity index is 795. The highest BCUT2D eigenvalue weighted by Gasteiger charge is 2.15. The van der Waals surface area contributed by atoms with Crippen LogP contribution in [0.1, 0.15) is 17.6 Å². The van der Waals surface area contributed by atoms with E-state index in [-0.39, 0.29) is 0 Å². The molecule has 0 radical (unpaired) electrons. The van der Waals surface area contributed by atoms with Crippen molar-refractivity contribution in [2.24, 2.45) is 0 Å². The van der Waals surface area contributed by atoms with Crippen LogP contribution >= 0.6 is 0 Å². The highest BCUT2D eigenvalue weighted by molar-refractivity contribution is 5.53. The van der Waals surface area contributed by atoms with Gasteiger partial charge < -0.3 is 13.8 Å². The lowest BCUT2D eigenvalue weighted by Gasteiger charge is -2.24. The summed E-state index contributed by atoms with van der Waals surface area (Å²) in [5.74, 6) is 2.44. The topological polar surface area (TPSA) is 90.3 Å². The van der Waals surface area contributed by atoms with E-state index >= 15 is 0 Å². The van der Waals surface area contributed by atoms with E-state index in [1.807, 2.05) is 30.3 Å². The Morgan fingerprint density at radius 3 is 2.40 bits per heavy atom. The van der Waals surface area contributed by atoms with Crippen molar-refractivity contribution < 1.29 is 13.8 Å². The van der Waals surface area contributed by atoms with Crippen LogP contribution in [0, 0.1) is 0 Å². The molecule has 0 N–H and O–H groups in total. The van der Waals surface area contributed by atoms with Crippen molar-refractivity contribution in [3.63, 3.8) is 0 Å². The summed E-state index contributed by atoms with van der Waals surface area (Å²) < 4.78 is 15.9. The first-order chi connectivity index (χ1) is 12.4. The number of benzene rings is 1. The molecule has 1 aromatic carbocycles. The standard InChI is InChI=1S/C17H19N5O3/c1-2-4-13(5-3-1)17-19-16(25-21-17)7-6-15-18-14(20-24-15)12-22-8-10-23-11-9-22/h1-5H,6-12H2. The zero-order valence-electron chi connectivity index (χ0n) is 13.8. The summed E-state index contributed by atoms with van der Waals surface area (Å²) in [6.07, 6.45) is 1.14. The summed E-state index contributed by atoms with van der Waals surface area (Å²) in [7, 11) is 0. The molecule has 1 fully saturated rings. The fourth-order valence-electron chi connectivity index (χ4n) is 2.69. The van der Waals surface area contributed by atoms with E-state index in [0.717, 1.165) is 31.9 Å². The van der Waals surface area contributed by atoms with Gasteiger partial charge in [-0.2, -0.15) is 9.97 Å². The first-order valence-corrected chi connectivity index (χ1v) is 8.36. The lowest BCUT2D eigenvalue weighted by Crippen LogP contribution is -2.35. The second-order valence-corrected chi connectivity index (χ2v) is 5.87. The molecule has 25 heavy (non-hydrogen) atoms. The molecule has 2 aromatic heterocycles. The van der Waals surface area contributed by atoms with Crippen LogP contribution in [0.15, 0.2) is 39.4 Å². The molecule has 0 bridgehead atoms. The lowest BCUT2D eigenvalue weighted by atomic mass is 10.2. The molecule has 8 heteroatoms. The van der Waals surface area contributed by atoms with E-state index < -0.39 is 0 Å². The third-order valence-electron chi connectivity index (χ3n) is 4.03. The van der Waals surface area contributed by atoms with Crippen molar-refractivity contribution in [3.05, 3.63) is 47.9 Å². The predicted molar refractivity (Wildman–Crippen MR) is 87.5 cm³/mol. The first-order valence-electron chi connectivity index (χ1n) is 8.36. The quantitative estimate of drug-likeness (QED) is 0.669. The van der Waals surface area contributed by atoms with Gasteiger partial charge in [0.15, 0.2) is 5.82 Å².